The maximum atomic E-state index is 13.3. The van der Waals surface area contributed by atoms with Crippen molar-refractivity contribution in [3.63, 3.8) is 0 Å². The number of rotatable bonds is 8. The van der Waals surface area contributed by atoms with Gasteiger partial charge >= 0.3 is 0 Å². The van der Waals surface area contributed by atoms with Gasteiger partial charge in [0.1, 0.15) is 17.3 Å². The Hall–Kier alpha value is -2.53. The summed E-state index contributed by atoms with van der Waals surface area (Å²) < 4.78 is 24.8. The van der Waals surface area contributed by atoms with Crippen LogP contribution in [0.1, 0.15) is 12.0 Å². The number of halogens is 3. The fourth-order valence-corrected chi connectivity index (χ4v) is 3.54. The lowest BCUT2D eigenvalue weighted by Gasteiger charge is -2.08. The Balaban J connectivity index is 1.24. The van der Waals surface area contributed by atoms with E-state index in [4.69, 9.17) is 32.4 Å². The first-order valence-electron chi connectivity index (χ1n) is 9.65. The van der Waals surface area contributed by atoms with Crippen molar-refractivity contribution in [2.45, 2.75) is 13.0 Å². The van der Waals surface area contributed by atoms with Crippen LogP contribution in [0.4, 0.5) is 4.39 Å². The van der Waals surface area contributed by atoms with Crippen LogP contribution < -0.4 is 10.1 Å². The van der Waals surface area contributed by atoms with E-state index in [1.54, 1.807) is 18.4 Å². The highest BCUT2D eigenvalue weighted by Crippen LogP contribution is 2.32. The summed E-state index contributed by atoms with van der Waals surface area (Å²) in [6.45, 7) is 2.16. The molecule has 3 aromatic carbocycles. The Bertz CT molecular complexity index is 1140. The Kier molecular flexibility index (Phi) is 6.58. The van der Waals surface area contributed by atoms with E-state index in [2.05, 4.69) is 5.32 Å². The summed E-state index contributed by atoms with van der Waals surface area (Å²) in [7, 11) is 0. The highest BCUT2D eigenvalue weighted by atomic mass is 35.5. The van der Waals surface area contributed by atoms with Crippen molar-refractivity contribution >= 4 is 34.0 Å². The third-order valence-corrected chi connectivity index (χ3v) is 5.50. The summed E-state index contributed by atoms with van der Waals surface area (Å²) in [5, 5.41) is 6.13. The molecule has 0 aliphatic rings. The molecule has 4 rings (SSSR count). The predicted octanol–water partition coefficient (Wildman–Crippen LogP) is 7.10. The van der Waals surface area contributed by atoms with E-state index in [1.807, 2.05) is 36.4 Å². The fourth-order valence-electron chi connectivity index (χ4n) is 3.22. The van der Waals surface area contributed by atoms with Gasteiger partial charge in [0.05, 0.1) is 22.9 Å². The van der Waals surface area contributed by atoms with Crippen molar-refractivity contribution in [2.24, 2.45) is 0 Å². The Morgan fingerprint density at radius 2 is 1.77 bits per heavy atom. The van der Waals surface area contributed by atoms with Crippen LogP contribution in [0.15, 0.2) is 71.3 Å². The number of furan rings is 1. The molecule has 6 heteroatoms. The van der Waals surface area contributed by atoms with E-state index < -0.39 is 0 Å². The van der Waals surface area contributed by atoms with Crippen LogP contribution in [0.2, 0.25) is 10.0 Å². The first kappa shape index (κ1) is 20.7. The van der Waals surface area contributed by atoms with Crippen molar-refractivity contribution in [1.82, 2.24) is 5.32 Å². The summed E-state index contributed by atoms with van der Waals surface area (Å²) in [4.78, 5) is 0. The van der Waals surface area contributed by atoms with Crippen LogP contribution in [0.5, 0.6) is 5.75 Å². The lowest BCUT2D eigenvalue weighted by atomic mass is 10.1. The molecule has 0 radical (unpaired) electrons. The van der Waals surface area contributed by atoms with Crippen LogP contribution in [-0.4, -0.2) is 13.2 Å². The second kappa shape index (κ2) is 9.52. The van der Waals surface area contributed by atoms with Crippen molar-refractivity contribution in [2.75, 3.05) is 13.2 Å². The SMILES string of the molecule is Fc1ccc2c(-c3ccc(OCCCNCc4ccc(Cl)c(Cl)c4)cc3)occ2c1. The van der Waals surface area contributed by atoms with Gasteiger partial charge in [0.25, 0.3) is 0 Å². The van der Waals surface area contributed by atoms with E-state index in [0.29, 0.717) is 16.7 Å². The first-order valence-corrected chi connectivity index (χ1v) is 10.4. The van der Waals surface area contributed by atoms with Crippen LogP contribution in [-0.2, 0) is 6.54 Å². The third kappa shape index (κ3) is 4.96. The van der Waals surface area contributed by atoms with E-state index in [-0.39, 0.29) is 5.82 Å². The highest BCUT2D eigenvalue weighted by molar-refractivity contribution is 6.42. The van der Waals surface area contributed by atoms with E-state index >= 15 is 0 Å². The molecule has 1 N–H and O–H groups in total. The largest absolute Gasteiger partial charge is 0.494 e. The molecule has 30 heavy (non-hydrogen) atoms. The number of fused-ring (bicyclic) bond motifs is 1. The van der Waals surface area contributed by atoms with Crippen LogP contribution >= 0.6 is 23.2 Å². The zero-order valence-corrected chi connectivity index (χ0v) is 17.6. The van der Waals surface area contributed by atoms with Gasteiger partial charge in [0.15, 0.2) is 0 Å². The summed E-state index contributed by atoms with van der Waals surface area (Å²) in [6, 6.07) is 18.0. The van der Waals surface area contributed by atoms with Crippen molar-refractivity contribution in [1.29, 1.82) is 0 Å². The van der Waals surface area contributed by atoms with Gasteiger partial charge in [0.2, 0.25) is 0 Å². The molecule has 1 aromatic heterocycles. The average Bonchev–Trinajstić information content (AvgIpc) is 3.16. The van der Waals surface area contributed by atoms with Gasteiger partial charge < -0.3 is 14.5 Å². The summed E-state index contributed by atoms with van der Waals surface area (Å²) in [5.74, 6) is 1.25. The van der Waals surface area contributed by atoms with Gasteiger partial charge in [0, 0.05) is 22.9 Å². The molecule has 4 aromatic rings. The fraction of sp³-hybridized carbons (Fsp3) is 0.167. The number of hydrogen-bond donors (Lipinski definition) is 1. The highest BCUT2D eigenvalue weighted by Gasteiger charge is 2.09. The summed E-state index contributed by atoms with van der Waals surface area (Å²) in [6.07, 6.45) is 2.45. The lowest BCUT2D eigenvalue weighted by molar-refractivity contribution is 0.308. The molecule has 154 valence electrons. The number of ether oxygens (including phenoxy) is 1. The normalized spacial score (nSPS) is 11.2. The molecule has 0 aliphatic heterocycles. The van der Waals surface area contributed by atoms with Crippen LogP contribution in [0.3, 0.4) is 0 Å². The van der Waals surface area contributed by atoms with Crippen molar-refractivity contribution in [3.05, 3.63) is 88.4 Å². The van der Waals surface area contributed by atoms with Crippen molar-refractivity contribution < 1.29 is 13.5 Å². The Labute approximate surface area is 184 Å². The average molecular weight is 444 g/mol. The van der Waals surface area contributed by atoms with E-state index in [9.17, 15) is 4.39 Å². The third-order valence-electron chi connectivity index (χ3n) is 4.76. The van der Waals surface area contributed by atoms with Gasteiger partial charge in [-0.1, -0.05) is 29.3 Å². The van der Waals surface area contributed by atoms with Gasteiger partial charge in [-0.05, 0) is 73.1 Å². The number of hydrogen-bond acceptors (Lipinski definition) is 3. The van der Waals surface area contributed by atoms with Crippen molar-refractivity contribution in [3.8, 4) is 17.1 Å². The minimum atomic E-state index is -0.273. The molecule has 0 fully saturated rings. The standard InChI is InChI=1S/C24H20Cl2FNO2/c25-22-9-2-16(12-23(22)26)14-28-10-1-11-29-20-6-3-17(4-7-20)24-21-8-5-19(27)13-18(21)15-30-24/h2-9,12-13,15,28H,1,10-11,14H2. The Morgan fingerprint density at radius 3 is 2.57 bits per heavy atom. The second-order valence-electron chi connectivity index (χ2n) is 6.95. The molecule has 0 amide bonds. The monoisotopic (exact) mass is 443 g/mol. The minimum absolute atomic E-state index is 0.273. The number of nitrogens with one attached hydrogen (secondary N) is 1. The maximum absolute atomic E-state index is 13.3. The predicted molar refractivity (Wildman–Crippen MR) is 120 cm³/mol. The second-order valence-corrected chi connectivity index (χ2v) is 7.76. The van der Waals surface area contributed by atoms with Gasteiger partial charge in [-0.3, -0.25) is 0 Å². The molecule has 0 unspecified atom stereocenters. The molecule has 0 saturated heterocycles. The zero-order chi connectivity index (χ0) is 20.9. The smallest absolute Gasteiger partial charge is 0.141 e. The van der Waals surface area contributed by atoms with E-state index in [1.165, 1.54) is 12.1 Å². The van der Waals surface area contributed by atoms with Gasteiger partial charge in [-0.25, -0.2) is 4.39 Å². The van der Waals surface area contributed by atoms with Gasteiger partial charge in [-0.2, -0.15) is 0 Å². The molecule has 1 heterocycles. The Morgan fingerprint density at radius 1 is 0.933 bits per heavy atom. The van der Waals surface area contributed by atoms with Crippen LogP contribution in [0.25, 0.3) is 22.1 Å². The van der Waals surface area contributed by atoms with Gasteiger partial charge in [-0.15, -0.1) is 0 Å². The quantitative estimate of drug-likeness (QED) is 0.294. The maximum Gasteiger partial charge on any atom is 0.141 e. The minimum Gasteiger partial charge on any atom is -0.494 e. The molecule has 0 atom stereocenters. The molecule has 0 saturated carbocycles. The first-order chi connectivity index (χ1) is 14.6. The lowest BCUT2D eigenvalue weighted by Crippen LogP contribution is -2.17. The molecule has 3 nitrogen and oxygen atoms in total. The topological polar surface area (TPSA) is 34.4 Å². The number of benzene rings is 3. The summed E-state index contributed by atoms with van der Waals surface area (Å²) in [5.41, 5.74) is 2.02. The molecular weight excluding hydrogens is 424 g/mol. The molecule has 0 aliphatic carbocycles. The van der Waals surface area contributed by atoms with E-state index in [0.717, 1.165) is 52.9 Å². The van der Waals surface area contributed by atoms with Crippen LogP contribution in [0, 0.1) is 5.82 Å². The zero-order valence-electron chi connectivity index (χ0n) is 16.1. The molecule has 0 spiro atoms. The molecule has 0 bridgehead atoms. The summed E-state index contributed by atoms with van der Waals surface area (Å²) >= 11 is 11.9. The molecular formula is C24H20Cl2FNO2.